The third kappa shape index (κ3) is 3.71. The van der Waals surface area contributed by atoms with E-state index in [1.807, 2.05) is 0 Å². The summed E-state index contributed by atoms with van der Waals surface area (Å²) in [5.41, 5.74) is 6.06. The third-order valence-corrected chi connectivity index (χ3v) is 3.24. The van der Waals surface area contributed by atoms with Crippen LogP contribution in [0.2, 0.25) is 0 Å². The maximum atomic E-state index is 12.8. The minimum absolute atomic E-state index is 0.191. The van der Waals surface area contributed by atoms with Crippen molar-refractivity contribution >= 4 is 11.5 Å². The molecule has 1 aromatic carbocycles. The molecule has 5 nitrogen and oxygen atoms in total. The Labute approximate surface area is 119 Å². The fourth-order valence-electron chi connectivity index (χ4n) is 2.14. The van der Waals surface area contributed by atoms with E-state index in [0.717, 1.165) is 0 Å². The van der Waals surface area contributed by atoms with Gasteiger partial charge < -0.3 is 20.6 Å². The Morgan fingerprint density at radius 2 is 2.14 bits per heavy atom. The molecular formula is C13H16F3N3O2. The molecule has 3 N–H and O–H groups in total. The van der Waals surface area contributed by atoms with E-state index in [2.05, 4.69) is 5.16 Å². The van der Waals surface area contributed by atoms with Crippen molar-refractivity contribution in [2.24, 2.45) is 10.9 Å². The first-order valence-electron chi connectivity index (χ1n) is 6.35. The van der Waals surface area contributed by atoms with E-state index in [1.165, 1.54) is 24.1 Å². The Kier molecular flexibility index (Phi) is 4.15. The molecule has 8 heteroatoms. The van der Waals surface area contributed by atoms with Crippen LogP contribution in [0.4, 0.5) is 18.9 Å². The Morgan fingerprint density at radius 1 is 1.48 bits per heavy atom. The second kappa shape index (κ2) is 5.71. The third-order valence-electron chi connectivity index (χ3n) is 3.24. The van der Waals surface area contributed by atoms with Gasteiger partial charge in [0.15, 0.2) is 5.84 Å². The lowest BCUT2D eigenvalue weighted by Gasteiger charge is -2.28. The Morgan fingerprint density at radius 3 is 2.62 bits per heavy atom. The molecule has 0 aliphatic heterocycles. The molecule has 1 fully saturated rings. The predicted octanol–water partition coefficient (Wildman–Crippen LogP) is 2.32. The van der Waals surface area contributed by atoms with E-state index >= 15 is 0 Å². The van der Waals surface area contributed by atoms with Crippen LogP contribution in [-0.4, -0.2) is 36.9 Å². The molecule has 1 aliphatic rings. The molecule has 0 aromatic heterocycles. The molecule has 1 aromatic rings. The van der Waals surface area contributed by atoms with Crippen LogP contribution in [0, 0.1) is 0 Å². The van der Waals surface area contributed by atoms with E-state index in [0.29, 0.717) is 18.6 Å². The number of methoxy groups -OCH3 is 1. The summed E-state index contributed by atoms with van der Waals surface area (Å²) in [6.45, 7) is -1.09. The quantitative estimate of drug-likeness (QED) is 0.379. The van der Waals surface area contributed by atoms with Crippen molar-refractivity contribution in [2.45, 2.75) is 25.1 Å². The number of nitrogens with two attached hydrogens (primary N) is 1. The molecule has 0 bridgehead atoms. The average molecular weight is 303 g/mol. The van der Waals surface area contributed by atoms with Gasteiger partial charge in [0.25, 0.3) is 0 Å². The minimum Gasteiger partial charge on any atom is -0.497 e. The summed E-state index contributed by atoms with van der Waals surface area (Å²) < 4.78 is 43.4. The molecule has 0 saturated heterocycles. The van der Waals surface area contributed by atoms with Gasteiger partial charge in [-0.1, -0.05) is 5.16 Å². The molecule has 0 radical (unpaired) electrons. The minimum atomic E-state index is -4.34. The van der Waals surface area contributed by atoms with Crippen molar-refractivity contribution in [2.75, 3.05) is 18.6 Å². The van der Waals surface area contributed by atoms with E-state index in [-0.39, 0.29) is 23.1 Å². The average Bonchev–Trinajstić information content (AvgIpc) is 3.27. The van der Waals surface area contributed by atoms with Gasteiger partial charge in [0, 0.05) is 17.7 Å². The molecule has 0 atom stereocenters. The van der Waals surface area contributed by atoms with Crippen molar-refractivity contribution in [3.63, 3.8) is 0 Å². The van der Waals surface area contributed by atoms with Crippen LogP contribution in [0.3, 0.4) is 0 Å². The molecule has 1 aliphatic carbocycles. The highest BCUT2D eigenvalue weighted by atomic mass is 19.4. The number of nitrogens with zero attached hydrogens (tertiary/aromatic N) is 2. The number of benzene rings is 1. The van der Waals surface area contributed by atoms with Crippen LogP contribution in [0.1, 0.15) is 18.4 Å². The Balaban J connectivity index is 2.46. The standard InChI is InChI=1S/C13H16F3N3O2/c1-21-9-4-5-10(12(17)18-20)11(6-9)19(8-2-3-8)7-13(14,15)16/h4-6,8,20H,2-3,7H2,1H3,(H2,17,18). The van der Waals surface area contributed by atoms with E-state index in [4.69, 9.17) is 15.7 Å². The van der Waals surface area contributed by atoms with Crippen molar-refractivity contribution in [1.82, 2.24) is 0 Å². The summed E-state index contributed by atoms with van der Waals surface area (Å²) in [5, 5.41) is 11.7. The van der Waals surface area contributed by atoms with Crippen LogP contribution in [-0.2, 0) is 0 Å². The number of alkyl halides is 3. The van der Waals surface area contributed by atoms with Crippen LogP contribution in [0.15, 0.2) is 23.4 Å². The van der Waals surface area contributed by atoms with E-state index in [9.17, 15) is 13.2 Å². The Bertz CT molecular complexity index is 542. The molecule has 0 amide bonds. The zero-order valence-electron chi connectivity index (χ0n) is 11.4. The molecule has 0 unspecified atom stereocenters. The molecule has 21 heavy (non-hydrogen) atoms. The number of rotatable bonds is 5. The van der Waals surface area contributed by atoms with Crippen molar-refractivity contribution < 1.29 is 23.1 Å². The van der Waals surface area contributed by atoms with Gasteiger partial charge >= 0.3 is 6.18 Å². The van der Waals surface area contributed by atoms with E-state index in [1.54, 1.807) is 6.07 Å². The van der Waals surface area contributed by atoms with Crippen LogP contribution >= 0.6 is 0 Å². The highest BCUT2D eigenvalue weighted by molar-refractivity contribution is 6.02. The first-order valence-corrected chi connectivity index (χ1v) is 6.35. The summed E-state index contributed by atoms with van der Waals surface area (Å²) in [5.74, 6) is 0.174. The number of amidine groups is 1. The molecule has 116 valence electrons. The topological polar surface area (TPSA) is 71.1 Å². The fraction of sp³-hybridized carbons (Fsp3) is 0.462. The molecule has 0 spiro atoms. The molecular weight excluding hydrogens is 287 g/mol. The van der Waals surface area contributed by atoms with Gasteiger partial charge in [-0.3, -0.25) is 0 Å². The van der Waals surface area contributed by atoms with E-state index < -0.39 is 12.7 Å². The highest BCUT2D eigenvalue weighted by Crippen LogP contribution is 2.37. The maximum absolute atomic E-state index is 12.8. The lowest BCUT2D eigenvalue weighted by Crippen LogP contribution is -2.37. The second-order valence-electron chi connectivity index (χ2n) is 4.84. The predicted molar refractivity (Wildman–Crippen MR) is 71.9 cm³/mol. The SMILES string of the molecule is COc1ccc(/C(N)=N/O)c(N(CC(F)(F)F)C2CC2)c1. The van der Waals surface area contributed by atoms with Gasteiger partial charge in [-0.2, -0.15) is 13.2 Å². The molecule has 2 rings (SSSR count). The van der Waals surface area contributed by atoms with Crippen LogP contribution in [0.5, 0.6) is 5.75 Å². The number of halogens is 3. The number of hydrogen-bond acceptors (Lipinski definition) is 4. The summed E-state index contributed by atoms with van der Waals surface area (Å²) >= 11 is 0. The number of hydrogen-bond donors (Lipinski definition) is 2. The van der Waals surface area contributed by atoms with Gasteiger partial charge in [0.1, 0.15) is 12.3 Å². The van der Waals surface area contributed by atoms with Gasteiger partial charge in [0.2, 0.25) is 0 Å². The number of ether oxygens (including phenoxy) is 1. The van der Waals surface area contributed by atoms with Crippen molar-refractivity contribution in [3.05, 3.63) is 23.8 Å². The smallest absolute Gasteiger partial charge is 0.405 e. The summed E-state index contributed by atoms with van der Waals surface area (Å²) in [7, 11) is 1.42. The summed E-state index contributed by atoms with van der Waals surface area (Å²) in [6, 6.07) is 4.31. The summed E-state index contributed by atoms with van der Waals surface area (Å²) in [6.07, 6.45) is -2.97. The first-order chi connectivity index (χ1) is 9.85. The molecule has 1 saturated carbocycles. The van der Waals surface area contributed by atoms with Gasteiger partial charge in [-0.25, -0.2) is 0 Å². The van der Waals surface area contributed by atoms with Crippen molar-refractivity contribution in [3.8, 4) is 5.75 Å². The summed E-state index contributed by atoms with van der Waals surface area (Å²) in [4.78, 5) is 1.23. The Hall–Kier alpha value is -2.12. The van der Waals surface area contributed by atoms with Crippen molar-refractivity contribution in [1.29, 1.82) is 0 Å². The van der Waals surface area contributed by atoms with Gasteiger partial charge in [-0.15, -0.1) is 0 Å². The zero-order chi connectivity index (χ0) is 15.6. The largest absolute Gasteiger partial charge is 0.497 e. The second-order valence-corrected chi connectivity index (χ2v) is 4.84. The normalized spacial score (nSPS) is 15.9. The van der Waals surface area contributed by atoms with Crippen LogP contribution in [0.25, 0.3) is 0 Å². The lowest BCUT2D eigenvalue weighted by molar-refractivity contribution is -0.120. The molecule has 0 heterocycles. The monoisotopic (exact) mass is 303 g/mol. The lowest BCUT2D eigenvalue weighted by atomic mass is 10.1. The van der Waals surface area contributed by atoms with Gasteiger partial charge in [0.05, 0.1) is 12.8 Å². The maximum Gasteiger partial charge on any atom is 0.405 e. The number of oxime groups is 1. The number of anilines is 1. The zero-order valence-corrected chi connectivity index (χ0v) is 11.4. The first kappa shape index (κ1) is 15.3. The fourth-order valence-corrected chi connectivity index (χ4v) is 2.14. The van der Waals surface area contributed by atoms with Crippen LogP contribution < -0.4 is 15.4 Å². The van der Waals surface area contributed by atoms with Gasteiger partial charge in [-0.05, 0) is 25.0 Å². The highest BCUT2D eigenvalue weighted by Gasteiger charge is 2.39.